The van der Waals surface area contributed by atoms with Gasteiger partial charge in [0.25, 0.3) is 0 Å². The zero-order valence-corrected chi connectivity index (χ0v) is 14.0. The maximum Gasteiger partial charge on any atom is 0.112 e. The second kappa shape index (κ2) is 7.28. The zero-order valence-electron chi connectivity index (χ0n) is 13.3. The molecule has 0 saturated carbocycles. The number of aromatic nitrogens is 2. The van der Waals surface area contributed by atoms with Crippen LogP contribution in [0.1, 0.15) is 58.2 Å². The van der Waals surface area contributed by atoms with Crippen molar-refractivity contribution in [3.05, 3.63) is 29.0 Å². The van der Waals surface area contributed by atoms with E-state index in [0.717, 1.165) is 48.3 Å². The first kappa shape index (κ1) is 16.3. The number of nitrogens with two attached hydrogens (primary N) is 1. The van der Waals surface area contributed by atoms with Crippen molar-refractivity contribution >= 4 is 22.6 Å². The summed E-state index contributed by atoms with van der Waals surface area (Å²) in [5.74, 6) is 1.63. The normalized spacial score (nSPS) is 14.5. The fourth-order valence-electron chi connectivity index (χ4n) is 2.82. The molecule has 3 nitrogen and oxygen atoms in total. The van der Waals surface area contributed by atoms with Gasteiger partial charge in [0.1, 0.15) is 5.82 Å². The number of halogens is 1. The molecule has 2 atom stereocenters. The number of imidazole rings is 1. The number of aryl methyl sites for hydroxylation is 1. The maximum absolute atomic E-state index is 6.14. The summed E-state index contributed by atoms with van der Waals surface area (Å²) in [6.07, 6.45) is 4.44. The van der Waals surface area contributed by atoms with E-state index in [1.807, 2.05) is 18.2 Å². The van der Waals surface area contributed by atoms with Crippen LogP contribution in [-0.4, -0.2) is 15.6 Å². The molecule has 1 aromatic heterocycles. The lowest BCUT2D eigenvalue weighted by atomic mass is 10.0. The molecule has 0 aliphatic carbocycles. The smallest absolute Gasteiger partial charge is 0.112 e. The molecule has 21 heavy (non-hydrogen) atoms. The van der Waals surface area contributed by atoms with Crippen molar-refractivity contribution in [2.75, 3.05) is 0 Å². The fraction of sp³-hybridized carbons (Fsp3) is 0.588. The highest BCUT2D eigenvalue weighted by Gasteiger charge is 2.16. The van der Waals surface area contributed by atoms with Gasteiger partial charge in [-0.15, -0.1) is 0 Å². The largest absolute Gasteiger partial charge is 0.328 e. The molecule has 0 saturated heterocycles. The Labute approximate surface area is 132 Å². The molecule has 0 bridgehead atoms. The van der Waals surface area contributed by atoms with Crippen LogP contribution < -0.4 is 5.73 Å². The van der Waals surface area contributed by atoms with Crippen LogP contribution in [0.25, 0.3) is 11.0 Å². The average molecular weight is 308 g/mol. The van der Waals surface area contributed by atoms with Gasteiger partial charge < -0.3 is 10.3 Å². The van der Waals surface area contributed by atoms with Crippen molar-refractivity contribution in [2.45, 2.75) is 65.0 Å². The predicted molar refractivity (Wildman–Crippen MR) is 90.9 cm³/mol. The Morgan fingerprint density at radius 1 is 1.29 bits per heavy atom. The minimum atomic E-state index is 0.283. The van der Waals surface area contributed by atoms with Crippen LogP contribution in [0.4, 0.5) is 0 Å². The average Bonchev–Trinajstić information content (AvgIpc) is 2.77. The number of benzene rings is 1. The molecule has 0 fully saturated rings. The van der Waals surface area contributed by atoms with Crippen molar-refractivity contribution in [3.63, 3.8) is 0 Å². The Hall–Kier alpha value is -1.06. The van der Waals surface area contributed by atoms with E-state index in [0.29, 0.717) is 5.92 Å². The van der Waals surface area contributed by atoms with Gasteiger partial charge in [-0.25, -0.2) is 4.98 Å². The van der Waals surface area contributed by atoms with Gasteiger partial charge in [0.05, 0.1) is 11.0 Å². The second-order valence-corrected chi connectivity index (χ2v) is 6.50. The minimum absolute atomic E-state index is 0.283. The van der Waals surface area contributed by atoms with Gasteiger partial charge in [0, 0.05) is 23.5 Å². The summed E-state index contributed by atoms with van der Waals surface area (Å²) in [5.41, 5.74) is 8.03. The lowest BCUT2D eigenvalue weighted by Crippen LogP contribution is -2.15. The molecule has 2 rings (SSSR count). The van der Waals surface area contributed by atoms with E-state index >= 15 is 0 Å². The summed E-state index contributed by atoms with van der Waals surface area (Å²) < 4.78 is 2.33. The topological polar surface area (TPSA) is 43.8 Å². The number of hydrogen-bond donors (Lipinski definition) is 1. The molecule has 0 aliphatic rings. The van der Waals surface area contributed by atoms with Crippen molar-refractivity contribution < 1.29 is 0 Å². The van der Waals surface area contributed by atoms with Gasteiger partial charge in [-0.3, -0.25) is 0 Å². The fourth-order valence-corrected chi connectivity index (χ4v) is 2.99. The summed E-state index contributed by atoms with van der Waals surface area (Å²) >= 11 is 6.14. The van der Waals surface area contributed by atoms with E-state index in [1.54, 1.807) is 0 Å². The molecule has 0 amide bonds. The number of nitrogens with zero attached hydrogens (tertiary/aromatic N) is 2. The summed E-state index contributed by atoms with van der Waals surface area (Å²) in [6, 6.07) is 6.24. The highest BCUT2D eigenvalue weighted by molar-refractivity contribution is 6.31. The van der Waals surface area contributed by atoms with Gasteiger partial charge in [0.15, 0.2) is 0 Å². The van der Waals surface area contributed by atoms with E-state index in [9.17, 15) is 0 Å². The van der Waals surface area contributed by atoms with Gasteiger partial charge in [0.2, 0.25) is 0 Å². The molecule has 1 heterocycles. The van der Waals surface area contributed by atoms with Crippen molar-refractivity contribution in [3.8, 4) is 0 Å². The Morgan fingerprint density at radius 2 is 2.05 bits per heavy atom. The molecule has 116 valence electrons. The second-order valence-electron chi connectivity index (χ2n) is 6.06. The molecule has 2 N–H and O–H groups in total. The maximum atomic E-state index is 6.14. The molecular weight excluding hydrogens is 282 g/mol. The quantitative estimate of drug-likeness (QED) is 0.804. The Kier molecular flexibility index (Phi) is 5.65. The number of hydrogen-bond acceptors (Lipinski definition) is 2. The molecule has 4 heteroatoms. The SMILES string of the molecule is CCCn1c(C(C)CCCC(C)N)nc2ccc(Cl)cc21. The molecule has 1 aromatic carbocycles. The molecule has 0 spiro atoms. The van der Waals surface area contributed by atoms with Crippen LogP contribution in [0.15, 0.2) is 18.2 Å². The summed E-state index contributed by atoms with van der Waals surface area (Å²) in [4.78, 5) is 4.84. The Bertz CT molecular complexity index is 589. The first-order valence-corrected chi connectivity index (χ1v) is 8.32. The molecular formula is C17H26ClN3. The molecule has 0 radical (unpaired) electrons. The first-order chi connectivity index (χ1) is 10.0. The first-order valence-electron chi connectivity index (χ1n) is 7.94. The van der Waals surface area contributed by atoms with Crippen molar-refractivity contribution in [1.82, 2.24) is 9.55 Å². The summed E-state index contributed by atoms with van der Waals surface area (Å²) in [6.45, 7) is 7.51. The summed E-state index contributed by atoms with van der Waals surface area (Å²) in [5, 5.41) is 0.774. The molecule has 2 unspecified atom stereocenters. The summed E-state index contributed by atoms with van der Waals surface area (Å²) in [7, 11) is 0. The third-order valence-electron chi connectivity index (χ3n) is 3.92. The Balaban J connectivity index is 2.26. The number of rotatable bonds is 7. The van der Waals surface area contributed by atoms with Crippen LogP contribution >= 0.6 is 11.6 Å². The van der Waals surface area contributed by atoms with E-state index in [2.05, 4.69) is 25.3 Å². The van der Waals surface area contributed by atoms with Crippen LogP contribution in [0.5, 0.6) is 0 Å². The number of fused-ring (bicyclic) bond motifs is 1. The highest BCUT2D eigenvalue weighted by Crippen LogP contribution is 2.27. The highest BCUT2D eigenvalue weighted by atomic mass is 35.5. The standard InChI is InChI=1S/C17H26ClN3/c1-4-10-21-16-11-14(18)8-9-15(16)20-17(21)12(2)6-5-7-13(3)19/h8-9,11-13H,4-7,10,19H2,1-3H3. The molecule has 0 aliphatic heterocycles. The third-order valence-corrected chi connectivity index (χ3v) is 4.16. The van der Waals surface area contributed by atoms with Crippen LogP contribution in [0.3, 0.4) is 0 Å². The van der Waals surface area contributed by atoms with Gasteiger partial charge in [-0.1, -0.05) is 31.9 Å². The zero-order chi connectivity index (χ0) is 15.4. The van der Waals surface area contributed by atoms with E-state index < -0.39 is 0 Å². The van der Waals surface area contributed by atoms with E-state index in [4.69, 9.17) is 22.3 Å². The van der Waals surface area contributed by atoms with Crippen LogP contribution in [-0.2, 0) is 6.54 Å². The van der Waals surface area contributed by atoms with Crippen molar-refractivity contribution in [1.29, 1.82) is 0 Å². The Morgan fingerprint density at radius 3 is 2.71 bits per heavy atom. The third kappa shape index (κ3) is 3.98. The monoisotopic (exact) mass is 307 g/mol. The van der Waals surface area contributed by atoms with E-state index in [1.165, 1.54) is 5.82 Å². The van der Waals surface area contributed by atoms with E-state index in [-0.39, 0.29) is 6.04 Å². The van der Waals surface area contributed by atoms with Gasteiger partial charge in [-0.05, 0) is 44.4 Å². The van der Waals surface area contributed by atoms with Gasteiger partial charge >= 0.3 is 0 Å². The van der Waals surface area contributed by atoms with Gasteiger partial charge in [-0.2, -0.15) is 0 Å². The molecule has 2 aromatic rings. The lowest BCUT2D eigenvalue weighted by Gasteiger charge is -2.15. The predicted octanol–water partition coefficient (Wildman–Crippen LogP) is 4.72. The van der Waals surface area contributed by atoms with Crippen LogP contribution in [0.2, 0.25) is 5.02 Å². The lowest BCUT2D eigenvalue weighted by molar-refractivity contribution is 0.522. The van der Waals surface area contributed by atoms with Crippen molar-refractivity contribution in [2.24, 2.45) is 5.73 Å². The van der Waals surface area contributed by atoms with Crippen LogP contribution in [0, 0.1) is 0 Å². The minimum Gasteiger partial charge on any atom is -0.328 e.